The molecule has 2 aromatic rings. The molecule has 2 amide bonds. The van der Waals surface area contributed by atoms with E-state index in [9.17, 15) is 9.59 Å². The van der Waals surface area contributed by atoms with Crippen LogP contribution in [0.5, 0.6) is 0 Å². The number of hydrogen-bond donors (Lipinski definition) is 2. The van der Waals surface area contributed by atoms with Gasteiger partial charge in [0.2, 0.25) is 0 Å². The number of carbonyl (C=O) groups excluding carboxylic acids is 1. The van der Waals surface area contributed by atoms with Crippen molar-refractivity contribution in [2.75, 3.05) is 13.6 Å². The maximum absolute atomic E-state index is 11.9. The predicted molar refractivity (Wildman–Crippen MR) is 81.5 cm³/mol. The second-order valence-corrected chi connectivity index (χ2v) is 5.76. The molecule has 118 valence electrons. The van der Waals surface area contributed by atoms with E-state index in [1.807, 2.05) is 11.4 Å². The van der Waals surface area contributed by atoms with Crippen LogP contribution in [0.15, 0.2) is 28.2 Å². The van der Waals surface area contributed by atoms with Crippen molar-refractivity contribution in [2.45, 2.75) is 13.5 Å². The van der Waals surface area contributed by atoms with Crippen molar-refractivity contribution in [3.05, 3.63) is 29.5 Å². The van der Waals surface area contributed by atoms with Crippen LogP contribution in [0.4, 0.5) is 4.79 Å². The Morgan fingerprint density at radius 1 is 1.55 bits per heavy atom. The van der Waals surface area contributed by atoms with Crippen LogP contribution in [0.2, 0.25) is 0 Å². The van der Waals surface area contributed by atoms with Gasteiger partial charge in [0.15, 0.2) is 10.8 Å². The Kier molecular flexibility index (Phi) is 5.16. The molecular weight excluding hydrogens is 306 g/mol. The van der Waals surface area contributed by atoms with Crippen molar-refractivity contribution < 1.29 is 19.1 Å². The number of hydrogen-bond acceptors (Lipinski definition) is 5. The second kappa shape index (κ2) is 7.08. The summed E-state index contributed by atoms with van der Waals surface area (Å²) < 4.78 is 5.26. The number of aliphatic carboxylic acids is 1. The van der Waals surface area contributed by atoms with Crippen molar-refractivity contribution >= 4 is 23.3 Å². The first-order valence-electron chi connectivity index (χ1n) is 6.67. The standard InChI is InChI=1S/C14H17N3O4S/c1-9(13(18)19)7-17(2)14(20)15-6-10-8-22-12(16-10)11-4-3-5-21-11/h3-5,8-9H,6-7H2,1-2H3,(H,15,20)(H,18,19). The maximum Gasteiger partial charge on any atom is 0.317 e. The van der Waals surface area contributed by atoms with Gasteiger partial charge in [0.05, 0.1) is 24.4 Å². The summed E-state index contributed by atoms with van der Waals surface area (Å²) in [5, 5.41) is 14.1. The number of furan rings is 1. The molecule has 0 radical (unpaired) electrons. The van der Waals surface area contributed by atoms with Crippen molar-refractivity contribution in [3.63, 3.8) is 0 Å². The lowest BCUT2D eigenvalue weighted by Crippen LogP contribution is -2.40. The third-order valence-corrected chi connectivity index (χ3v) is 3.93. The quantitative estimate of drug-likeness (QED) is 0.850. The van der Waals surface area contributed by atoms with Gasteiger partial charge in [0, 0.05) is 19.0 Å². The van der Waals surface area contributed by atoms with Crippen molar-refractivity contribution in [2.24, 2.45) is 5.92 Å². The van der Waals surface area contributed by atoms with Gasteiger partial charge in [-0.05, 0) is 12.1 Å². The number of aromatic nitrogens is 1. The minimum atomic E-state index is -0.928. The summed E-state index contributed by atoms with van der Waals surface area (Å²) in [4.78, 5) is 28.4. The molecule has 2 heterocycles. The van der Waals surface area contributed by atoms with E-state index in [0.29, 0.717) is 5.76 Å². The zero-order chi connectivity index (χ0) is 16.1. The van der Waals surface area contributed by atoms with Crippen LogP contribution in [0.25, 0.3) is 10.8 Å². The summed E-state index contributed by atoms with van der Waals surface area (Å²) in [5.74, 6) is -0.849. The van der Waals surface area contributed by atoms with Crippen LogP contribution >= 0.6 is 11.3 Å². The zero-order valence-corrected chi connectivity index (χ0v) is 13.1. The molecule has 7 nitrogen and oxygen atoms in total. The van der Waals surface area contributed by atoms with Crippen LogP contribution < -0.4 is 5.32 Å². The Labute approximate surface area is 131 Å². The Balaban J connectivity index is 1.85. The number of rotatable bonds is 6. The molecule has 2 N–H and O–H groups in total. The average Bonchev–Trinajstić information content (AvgIpc) is 3.15. The number of carboxylic acids is 1. The van der Waals surface area contributed by atoms with Gasteiger partial charge in [-0.2, -0.15) is 0 Å². The molecule has 0 saturated carbocycles. The topological polar surface area (TPSA) is 95.7 Å². The Bertz CT molecular complexity index is 638. The number of carboxylic acid groups (broad SMARTS) is 1. The Hall–Kier alpha value is -2.35. The maximum atomic E-state index is 11.9. The fourth-order valence-corrected chi connectivity index (χ4v) is 2.56. The zero-order valence-electron chi connectivity index (χ0n) is 12.3. The van der Waals surface area contributed by atoms with Gasteiger partial charge in [-0.3, -0.25) is 4.79 Å². The number of amides is 2. The van der Waals surface area contributed by atoms with Crippen LogP contribution in [0.3, 0.4) is 0 Å². The lowest BCUT2D eigenvalue weighted by Gasteiger charge is -2.19. The molecule has 0 aliphatic heterocycles. The molecule has 0 bridgehead atoms. The molecule has 2 rings (SSSR count). The van der Waals surface area contributed by atoms with E-state index in [4.69, 9.17) is 9.52 Å². The van der Waals surface area contributed by atoms with Gasteiger partial charge in [0.1, 0.15) is 0 Å². The normalized spacial score (nSPS) is 11.9. The summed E-state index contributed by atoms with van der Waals surface area (Å²) in [6.45, 7) is 1.99. The van der Waals surface area contributed by atoms with Crippen molar-refractivity contribution in [3.8, 4) is 10.8 Å². The predicted octanol–water partition coefficient (Wildman–Crippen LogP) is 2.27. The monoisotopic (exact) mass is 323 g/mol. The smallest absolute Gasteiger partial charge is 0.317 e. The number of nitrogens with one attached hydrogen (secondary N) is 1. The largest absolute Gasteiger partial charge is 0.481 e. The van der Waals surface area contributed by atoms with E-state index in [1.54, 1.807) is 26.3 Å². The molecule has 0 aliphatic rings. The van der Waals surface area contributed by atoms with E-state index in [-0.39, 0.29) is 19.1 Å². The van der Waals surface area contributed by atoms with Gasteiger partial charge in [-0.25, -0.2) is 9.78 Å². The van der Waals surface area contributed by atoms with Gasteiger partial charge in [-0.1, -0.05) is 6.92 Å². The summed E-state index contributed by atoms with van der Waals surface area (Å²) in [5.41, 5.74) is 0.726. The number of nitrogens with zero attached hydrogens (tertiary/aromatic N) is 2. The minimum Gasteiger partial charge on any atom is -0.481 e. The highest BCUT2D eigenvalue weighted by molar-refractivity contribution is 7.13. The van der Waals surface area contributed by atoms with Gasteiger partial charge < -0.3 is 19.7 Å². The van der Waals surface area contributed by atoms with Gasteiger partial charge in [-0.15, -0.1) is 11.3 Å². The summed E-state index contributed by atoms with van der Waals surface area (Å²) in [6, 6.07) is 3.28. The highest BCUT2D eigenvalue weighted by atomic mass is 32.1. The Morgan fingerprint density at radius 2 is 2.32 bits per heavy atom. The van der Waals surface area contributed by atoms with E-state index >= 15 is 0 Å². The van der Waals surface area contributed by atoms with Gasteiger partial charge >= 0.3 is 12.0 Å². The first kappa shape index (κ1) is 16.0. The molecule has 1 unspecified atom stereocenters. The van der Waals surface area contributed by atoms with Crippen LogP contribution in [-0.4, -0.2) is 40.6 Å². The Morgan fingerprint density at radius 3 is 2.95 bits per heavy atom. The summed E-state index contributed by atoms with van der Waals surface area (Å²) >= 11 is 1.43. The molecule has 22 heavy (non-hydrogen) atoms. The highest BCUT2D eigenvalue weighted by Gasteiger charge is 2.17. The first-order valence-corrected chi connectivity index (χ1v) is 7.55. The number of thiazole rings is 1. The molecule has 0 spiro atoms. The third kappa shape index (κ3) is 4.08. The van der Waals surface area contributed by atoms with E-state index in [0.717, 1.165) is 10.7 Å². The lowest BCUT2D eigenvalue weighted by molar-refractivity contribution is -0.141. The molecule has 2 aromatic heterocycles. The molecule has 0 aromatic carbocycles. The third-order valence-electron chi connectivity index (χ3n) is 3.02. The van der Waals surface area contributed by atoms with E-state index in [2.05, 4.69) is 10.3 Å². The fourth-order valence-electron chi connectivity index (χ4n) is 1.77. The molecule has 0 saturated heterocycles. The van der Waals surface area contributed by atoms with Crippen molar-refractivity contribution in [1.29, 1.82) is 0 Å². The average molecular weight is 323 g/mol. The molecule has 8 heteroatoms. The van der Waals surface area contributed by atoms with Crippen LogP contribution in [0, 0.1) is 5.92 Å². The lowest BCUT2D eigenvalue weighted by atomic mass is 10.2. The molecular formula is C14H17N3O4S. The number of urea groups is 1. The van der Waals surface area contributed by atoms with Gasteiger partial charge in [0.25, 0.3) is 0 Å². The van der Waals surface area contributed by atoms with Crippen LogP contribution in [0.1, 0.15) is 12.6 Å². The summed E-state index contributed by atoms with van der Waals surface area (Å²) in [6.07, 6.45) is 1.58. The van der Waals surface area contributed by atoms with Crippen LogP contribution in [-0.2, 0) is 11.3 Å². The van der Waals surface area contributed by atoms with E-state index in [1.165, 1.54) is 16.2 Å². The SMILES string of the molecule is CC(CN(C)C(=O)NCc1csc(-c2ccco2)n1)C(=O)O. The minimum absolute atomic E-state index is 0.149. The fraction of sp³-hybridized carbons (Fsp3) is 0.357. The second-order valence-electron chi connectivity index (χ2n) is 4.90. The number of carbonyl (C=O) groups is 2. The molecule has 1 atom stereocenters. The molecule has 0 fully saturated rings. The first-order chi connectivity index (χ1) is 10.5. The van der Waals surface area contributed by atoms with Crippen molar-refractivity contribution in [1.82, 2.24) is 15.2 Å². The summed E-state index contributed by atoms with van der Waals surface area (Å²) in [7, 11) is 1.56. The van der Waals surface area contributed by atoms with E-state index < -0.39 is 11.9 Å². The highest BCUT2D eigenvalue weighted by Crippen LogP contribution is 2.23. The molecule has 0 aliphatic carbocycles.